The number of carbonyl (C=O) groups excluding carboxylic acids is 1. The van der Waals surface area contributed by atoms with Crippen molar-refractivity contribution in [2.24, 2.45) is 0 Å². The highest BCUT2D eigenvalue weighted by Crippen LogP contribution is 2.30. The molecule has 12 atom stereocenters. The minimum absolute atomic E-state index is 0.259. The highest BCUT2D eigenvalue weighted by Gasteiger charge is 2.51. The first-order valence-corrected chi connectivity index (χ1v) is 25.9. The van der Waals surface area contributed by atoms with Gasteiger partial charge >= 0.3 is 0 Å². The van der Waals surface area contributed by atoms with Gasteiger partial charge in [0, 0.05) is 6.42 Å². The Bertz CT molecular complexity index is 1290. The van der Waals surface area contributed by atoms with E-state index in [9.17, 15) is 45.6 Å². The van der Waals surface area contributed by atoms with Crippen LogP contribution in [0.25, 0.3) is 0 Å². The molecule has 1 amide bonds. The molecule has 0 aromatic heterocycles. The van der Waals surface area contributed by atoms with Gasteiger partial charge in [-0.2, -0.15) is 0 Å². The van der Waals surface area contributed by atoms with Gasteiger partial charge in [-0.3, -0.25) is 4.79 Å². The van der Waals surface area contributed by atoms with Crippen molar-refractivity contribution in [1.29, 1.82) is 0 Å². The summed E-state index contributed by atoms with van der Waals surface area (Å²) >= 11 is 0. The SMILES string of the molecule is CCCCCCCC/C=C\CCCCCCCC(=O)NC(COC1OC(CO)C(OC2OC(CO)C(O)C(O)C2O)C(O)C1O)C(O)/C=C/CC/C=C/CC/C=C/CCCCCCCCC. The van der Waals surface area contributed by atoms with Gasteiger partial charge in [-0.15, -0.1) is 0 Å². The van der Waals surface area contributed by atoms with Crippen molar-refractivity contribution < 1.29 is 64.6 Å². The molecule has 2 fully saturated rings. The molecule has 66 heavy (non-hydrogen) atoms. The fourth-order valence-corrected chi connectivity index (χ4v) is 8.20. The Morgan fingerprint density at radius 2 is 0.970 bits per heavy atom. The van der Waals surface area contributed by atoms with Crippen LogP contribution in [-0.2, 0) is 23.7 Å². The molecule has 0 aromatic carbocycles. The second-order valence-corrected chi connectivity index (χ2v) is 18.3. The average Bonchev–Trinajstić information content (AvgIpc) is 3.31. The van der Waals surface area contributed by atoms with E-state index in [1.54, 1.807) is 6.08 Å². The van der Waals surface area contributed by atoms with E-state index in [2.05, 4.69) is 55.6 Å². The lowest BCUT2D eigenvalue weighted by molar-refractivity contribution is -0.359. The number of nitrogens with one attached hydrogen (secondary N) is 1. The lowest BCUT2D eigenvalue weighted by atomic mass is 9.97. The monoisotopic (exact) mass is 940 g/mol. The number of allylic oxidation sites excluding steroid dienone is 7. The smallest absolute Gasteiger partial charge is 0.220 e. The summed E-state index contributed by atoms with van der Waals surface area (Å²) in [6, 6.07) is -0.941. The van der Waals surface area contributed by atoms with E-state index < -0.39 is 86.8 Å². The Labute approximate surface area is 397 Å². The summed E-state index contributed by atoms with van der Waals surface area (Å²) in [5, 5.41) is 86.7. The quantitative estimate of drug-likeness (QED) is 0.0227. The Kier molecular flexibility index (Phi) is 35.3. The Hall–Kier alpha value is -2.05. The van der Waals surface area contributed by atoms with E-state index in [-0.39, 0.29) is 18.9 Å². The highest BCUT2D eigenvalue weighted by atomic mass is 16.7. The molecule has 384 valence electrons. The zero-order valence-corrected chi connectivity index (χ0v) is 40.7. The zero-order valence-electron chi connectivity index (χ0n) is 40.7. The number of unbranched alkanes of at least 4 members (excludes halogenated alkanes) is 20. The number of hydrogen-bond acceptors (Lipinski definition) is 13. The van der Waals surface area contributed by atoms with Gasteiger partial charge in [0.05, 0.1) is 32.0 Å². The Balaban J connectivity index is 1.88. The summed E-state index contributed by atoms with van der Waals surface area (Å²) in [6.07, 6.45) is 28.6. The largest absolute Gasteiger partial charge is 0.394 e. The molecule has 0 radical (unpaired) electrons. The van der Waals surface area contributed by atoms with Crippen LogP contribution < -0.4 is 5.32 Å². The molecule has 2 aliphatic rings. The lowest BCUT2D eigenvalue weighted by Gasteiger charge is -2.46. The predicted molar refractivity (Wildman–Crippen MR) is 258 cm³/mol. The van der Waals surface area contributed by atoms with Crippen molar-refractivity contribution in [3.05, 3.63) is 48.6 Å². The predicted octanol–water partition coefficient (Wildman–Crippen LogP) is 6.88. The van der Waals surface area contributed by atoms with E-state index in [1.807, 2.05) is 6.08 Å². The van der Waals surface area contributed by atoms with Gasteiger partial charge in [0.25, 0.3) is 0 Å². The van der Waals surface area contributed by atoms with Crippen LogP contribution in [0.15, 0.2) is 48.6 Å². The van der Waals surface area contributed by atoms with Crippen molar-refractivity contribution >= 4 is 5.91 Å². The molecular formula is C52H93NO13. The maximum absolute atomic E-state index is 13.2. The lowest BCUT2D eigenvalue weighted by Crippen LogP contribution is -2.65. The first-order chi connectivity index (χ1) is 32.1. The van der Waals surface area contributed by atoms with Crippen molar-refractivity contribution in [2.75, 3.05) is 19.8 Å². The van der Waals surface area contributed by atoms with Crippen LogP contribution in [0.5, 0.6) is 0 Å². The van der Waals surface area contributed by atoms with Gasteiger partial charge in [-0.1, -0.05) is 152 Å². The van der Waals surface area contributed by atoms with Crippen LogP contribution >= 0.6 is 0 Å². The van der Waals surface area contributed by atoms with E-state index in [0.29, 0.717) is 12.8 Å². The molecule has 14 heteroatoms. The zero-order chi connectivity index (χ0) is 48.2. The van der Waals surface area contributed by atoms with Crippen molar-refractivity contribution in [3.8, 4) is 0 Å². The Morgan fingerprint density at radius 3 is 1.48 bits per heavy atom. The second kappa shape index (κ2) is 38.8. The van der Waals surface area contributed by atoms with Crippen LogP contribution in [0.1, 0.15) is 181 Å². The number of carbonyl (C=O) groups is 1. The number of aliphatic hydroxyl groups is 8. The summed E-state index contributed by atoms with van der Waals surface area (Å²) < 4.78 is 22.7. The fourth-order valence-electron chi connectivity index (χ4n) is 8.20. The van der Waals surface area contributed by atoms with Gasteiger partial charge in [0.2, 0.25) is 5.91 Å². The van der Waals surface area contributed by atoms with Gasteiger partial charge < -0.3 is 65.1 Å². The third-order valence-corrected chi connectivity index (χ3v) is 12.5. The number of amides is 1. The first-order valence-electron chi connectivity index (χ1n) is 25.9. The normalized spacial score (nSPS) is 27.2. The average molecular weight is 940 g/mol. The van der Waals surface area contributed by atoms with E-state index in [4.69, 9.17) is 18.9 Å². The molecular weight excluding hydrogens is 847 g/mol. The molecule has 0 aliphatic carbocycles. The standard InChI is InChI=1S/C52H93NO13/c1-3-5-7-9-11-13-15-17-19-20-22-23-25-27-29-31-33-35-41(56)40(53-44(57)36-34-32-30-28-26-24-21-18-16-14-12-10-8-6-4-2)39-63-51-49(62)47(60)50(43(38-55)65-51)66-52-48(61)46(59)45(58)42(37-54)64-52/h18-21,25,27,33,35,40-43,45-52,54-56,58-62H,3-17,22-24,26,28-32,34,36-39H2,1-2H3,(H,53,57)/b20-19+,21-18-,27-25+,35-33+. The molecule has 0 saturated carbocycles. The molecule has 0 spiro atoms. The van der Waals surface area contributed by atoms with Crippen molar-refractivity contribution in [3.63, 3.8) is 0 Å². The maximum Gasteiger partial charge on any atom is 0.220 e. The van der Waals surface area contributed by atoms with Crippen molar-refractivity contribution in [1.82, 2.24) is 5.32 Å². The molecule has 12 unspecified atom stereocenters. The van der Waals surface area contributed by atoms with Gasteiger partial charge in [0.1, 0.15) is 48.8 Å². The topological polar surface area (TPSA) is 228 Å². The number of rotatable bonds is 39. The van der Waals surface area contributed by atoms with Gasteiger partial charge in [-0.25, -0.2) is 0 Å². The molecule has 2 rings (SSSR count). The summed E-state index contributed by atoms with van der Waals surface area (Å²) in [5.74, 6) is -0.264. The highest BCUT2D eigenvalue weighted by molar-refractivity contribution is 5.76. The minimum Gasteiger partial charge on any atom is -0.394 e. The Morgan fingerprint density at radius 1 is 0.530 bits per heavy atom. The van der Waals surface area contributed by atoms with Crippen LogP contribution in [0.4, 0.5) is 0 Å². The molecule has 0 aromatic rings. The van der Waals surface area contributed by atoms with Crippen LogP contribution in [-0.4, -0.2) is 140 Å². The summed E-state index contributed by atoms with van der Waals surface area (Å²) in [6.45, 7) is 2.73. The van der Waals surface area contributed by atoms with Gasteiger partial charge in [0.15, 0.2) is 12.6 Å². The summed E-state index contributed by atoms with van der Waals surface area (Å²) in [4.78, 5) is 13.2. The number of aliphatic hydroxyl groups excluding tert-OH is 8. The molecule has 2 saturated heterocycles. The van der Waals surface area contributed by atoms with Crippen LogP contribution in [0.2, 0.25) is 0 Å². The van der Waals surface area contributed by atoms with Crippen LogP contribution in [0.3, 0.4) is 0 Å². The van der Waals surface area contributed by atoms with E-state index in [1.165, 1.54) is 83.5 Å². The summed E-state index contributed by atoms with van der Waals surface area (Å²) in [7, 11) is 0. The molecule has 2 aliphatic heterocycles. The first kappa shape index (κ1) is 60.1. The molecule has 14 nitrogen and oxygen atoms in total. The van der Waals surface area contributed by atoms with Gasteiger partial charge in [-0.05, 0) is 70.6 Å². The molecule has 2 heterocycles. The fraction of sp³-hybridized carbons (Fsp3) is 0.827. The molecule has 9 N–H and O–H groups in total. The molecule has 0 bridgehead atoms. The third kappa shape index (κ3) is 25.5. The maximum atomic E-state index is 13.2. The van der Waals surface area contributed by atoms with Crippen LogP contribution in [0, 0.1) is 0 Å². The third-order valence-electron chi connectivity index (χ3n) is 12.5. The second-order valence-electron chi connectivity index (χ2n) is 18.3. The number of hydrogen-bond donors (Lipinski definition) is 9. The van der Waals surface area contributed by atoms with Crippen molar-refractivity contribution in [2.45, 2.75) is 254 Å². The minimum atomic E-state index is -1.79. The number of ether oxygens (including phenoxy) is 4. The summed E-state index contributed by atoms with van der Waals surface area (Å²) in [5.41, 5.74) is 0. The van der Waals surface area contributed by atoms with E-state index >= 15 is 0 Å². The van der Waals surface area contributed by atoms with E-state index in [0.717, 1.165) is 64.2 Å².